The van der Waals surface area contributed by atoms with Gasteiger partial charge in [-0.25, -0.2) is 4.79 Å². The van der Waals surface area contributed by atoms with Gasteiger partial charge >= 0.3 is 5.97 Å². The molecule has 0 saturated heterocycles. The van der Waals surface area contributed by atoms with Crippen LogP contribution in [0.3, 0.4) is 0 Å². The Morgan fingerprint density at radius 3 is 2.54 bits per heavy atom. The van der Waals surface area contributed by atoms with Crippen molar-refractivity contribution in [2.75, 3.05) is 20.8 Å². The molecular weight excluding hydrogens is 360 g/mol. The van der Waals surface area contributed by atoms with E-state index in [2.05, 4.69) is 6.58 Å². The molecular formula is C22H24O6. The molecule has 1 unspecified atom stereocenters. The number of aryl methyl sites for hydroxylation is 1. The van der Waals surface area contributed by atoms with E-state index < -0.39 is 12.1 Å². The number of carbonyl (C=O) groups excluding carboxylic acids is 2. The molecule has 148 valence electrons. The fourth-order valence-electron chi connectivity index (χ4n) is 2.96. The highest BCUT2D eigenvalue weighted by molar-refractivity contribution is 6.11. The van der Waals surface area contributed by atoms with Gasteiger partial charge < -0.3 is 19.3 Å². The first-order chi connectivity index (χ1) is 13.5. The zero-order valence-electron chi connectivity index (χ0n) is 16.2. The van der Waals surface area contributed by atoms with Crippen molar-refractivity contribution in [2.45, 2.75) is 19.4 Å². The number of ether oxygens (including phenoxy) is 3. The van der Waals surface area contributed by atoms with Crippen molar-refractivity contribution in [3.8, 4) is 11.5 Å². The Hall–Kier alpha value is -3.12. The van der Waals surface area contributed by atoms with E-state index in [-0.39, 0.29) is 29.5 Å². The van der Waals surface area contributed by atoms with E-state index in [0.29, 0.717) is 17.5 Å². The molecule has 0 aromatic heterocycles. The van der Waals surface area contributed by atoms with Crippen molar-refractivity contribution in [1.82, 2.24) is 0 Å². The van der Waals surface area contributed by atoms with Crippen molar-refractivity contribution in [3.05, 3.63) is 71.3 Å². The van der Waals surface area contributed by atoms with Gasteiger partial charge in [0.15, 0.2) is 23.4 Å². The standard InChI is InChI=1S/C22H24O6/c1-5-12-28-21(22(25)27-4)19-14(6-2)8-7-9-16(19)20(24)15-10-11-18(26-3)17(23)13-15/h5,7-11,13,21,23H,1,6,12H2,2-4H3. The van der Waals surface area contributed by atoms with Crippen LogP contribution in [-0.2, 0) is 20.7 Å². The molecule has 0 saturated carbocycles. The van der Waals surface area contributed by atoms with E-state index in [4.69, 9.17) is 14.2 Å². The van der Waals surface area contributed by atoms with E-state index in [0.717, 1.165) is 5.56 Å². The predicted molar refractivity (Wildman–Crippen MR) is 105 cm³/mol. The number of aromatic hydroxyl groups is 1. The minimum Gasteiger partial charge on any atom is -0.504 e. The second kappa shape index (κ2) is 9.71. The molecule has 0 radical (unpaired) electrons. The Morgan fingerprint density at radius 1 is 1.21 bits per heavy atom. The number of ketones is 1. The number of benzene rings is 2. The van der Waals surface area contributed by atoms with Gasteiger partial charge in [0.1, 0.15) is 0 Å². The van der Waals surface area contributed by atoms with Gasteiger partial charge in [-0.05, 0) is 30.2 Å². The van der Waals surface area contributed by atoms with Crippen LogP contribution in [0.15, 0.2) is 49.1 Å². The molecule has 2 rings (SSSR count). The fourth-order valence-corrected chi connectivity index (χ4v) is 2.96. The van der Waals surface area contributed by atoms with Crippen LogP contribution in [0.25, 0.3) is 0 Å². The van der Waals surface area contributed by atoms with Crippen LogP contribution >= 0.6 is 0 Å². The second-order valence-electron chi connectivity index (χ2n) is 5.97. The number of phenolic OH excluding ortho intramolecular Hbond substituents is 1. The molecule has 1 N–H and O–H groups in total. The highest BCUT2D eigenvalue weighted by Crippen LogP contribution is 2.32. The lowest BCUT2D eigenvalue weighted by molar-refractivity contribution is -0.153. The van der Waals surface area contributed by atoms with E-state index in [1.807, 2.05) is 13.0 Å². The smallest absolute Gasteiger partial charge is 0.339 e. The lowest BCUT2D eigenvalue weighted by atomic mass is 9.90. The minimum atomic E-state index is -1.06. The van der Waals surface area contributed by atoms with E-state index in [9.17, 15) is 14.7 Å². The van der Waals surface area contributed by atoms with Gasteiger partial charge in [-0.1, -0.05) is 31.2 Å². The maximum Gasteiger partial charge on any atom is 0.339 e. The third-order valence-electron chi connectivity index (χ3n) is 4.32. The van der Waals surface area contributed by atoms with E-state index >= 15 is 0 Å². The zero-order chi connectivity index (χ0) is 20.7. The van der Waals surface area contributed by atoms with Gasteiger partial charge in [0, 0.05) is 16.7 Å². The summed E-state index contributed by atoms with van der Waals surface area (Å²) in [5.41, 5.74) is 1.82. The molecule has 0 aliphatic heterocycles. The lowest BCUT2D eigenvalue weighted by Gasteiger charge is -2.21. The summed E-state index contributed by atoms with van der Waals surface area (Å²) in [5, 5.41) is 10.0. The average molecular weight is 384 g/mol. The average Bonchev–Trinajstić information content (AvgIpc) is 2.72. The summed E-state index contributed by atoms with van der Waals surface area (Å²) in [7, 11) is 2.70. The van der Waals surface area contributed by atoms with Crippen molar-refractivity contribution in [3.63, 3.8) is 0 Å². The Morgan fingerprint density at radius 2 is 1.96 bits per heavy atom. The number of esters is 1. The van der Waals surface area contributed by atoms with Crippen molar-refractivity contribution >= 4 is 11.8 Å². The summed E-state index contributed by atoms with van der Waals surface area (Å²) < 4.78 is 15.6. The van der Waals surface area contributed by atoms with Gasteiger partial charge in [0.05, 0.1) is 20.8 Å². The highest BCUT2D eigenvalue weighted by Gasteiger charge is 2.29. The topological polar surface area (TPSA) is 82.1 Å². The molecule has 2 aromatic rings. The number of rotatable bonds is 9. The van der Waals surface area contributed by atoms with E-state index in [1.165, 1.54) is 32.4 Å². The van der Waals surface area contributed by atoms with Crippen LogP contribution in [0.5, 0.6) is 11.5 Å². The first-order valence-electron chi connectivity index (χ1n) is 8.82. The third kappa shape index (κ3) is 4.40. The van der Waals surface area contributed by atoms with Gasteiger partial charge in [0.25, 0.3) is 0 Å². The number of carbonyl (C=O) groups is 2. The molecule has 0 amide bonds. The SMILES string of the molecule is C=CCOC(C(=O)OC)c1c(CC)cccc1C(=O)c1ccc(OC)c(O)c1. The van der Waals surface area contributed by atoms with Crippen molar-refractivity contribution in [2.24, 2.45) is 0 Å². The number of phenols is 1. The summed E-state index contributed by atoms with van der Waals surface area (Å²) in [6.45, 7) is 5.65. The molecule has 2 aromatic carbocycles. The Bertz CT molecular complexity index is 871. The normalized spacial score (nSPS) is 11.5. The van der Waals surface area contributed by atoms with E-state index in [1.54, 1.807) is 18.2 Å². The maximum absolute atomic E-state index is 13.2. The number of methoxy groups -OCH3 is 2. The molecule has 0 bridgehead atoms. The maximum atomic E-state index is 13.2. The van der Waals surface area contributed by atoms with Crippen LogP contribution in [0, 0.1) is 0 Å². The number of hydrogen-bond acceptors (Lipinski definition) is 6. The van der Waals surface area contributed by atoms with Gasteiger partial charge in [-0.15, -0.1) is 6.58 Å². The third-order valence-corrected chi connectivity index (χ3v) is 4.32. The summed E-state index contributed by atoms with van der Waals surface area (Å²) >= 11 is 0. The second-order valence-corrected chi connectivity index (χ2v) is 5.97. The predicted octanol–water partition coefficient (Wildman–Crippen LogP) is 3.61. The van der Waals surface area contributed by atoms with Crippen molar-refractivity contribution < 1.29 is 28.9 Å². The summed E-state index contributed by atoms with van der Waals surface area (Å²) in [6, 6.07) is 9.62. The van der Waals surface area contributed by atoms with Crippen LogP contribution in [0.1, 0.15) is 40.1 Å². The van der Waals surface area contributed by atoms with Crippen LogP contribution in [0.2, 0.25) is 0 Å². The van der Waals surface area contributed by atoms with Crippen molar-refractivity contribution in [1.29, 1.82) is 0 Å². The molecule has 0 heterocycles. The van der Waals surface area contributed by atoms with Crippen LogP contribution < -0.4 is 4.74 Å². The first kappa shape index (κ1) is 21.2. The molecule has 0 fully saturated rings. The first-order valence-corrected chi connectivity index (χ1v) is 8.82. The van der Waals surface area contributed by atoms with Crippen LogP contribution in [0.4, 0.5) is 0 Å². The lowest BCUT2D eigenvalue weighted by Crippen LogP contribution is -2.22. The van der Waals surface area contributed by atoms with Crippen LogP contribution in [-0.4, -0.2) is 37.7 Å². The molecule has 0 aliphatic rings. The molecule has 28 heavy (non-hydrogen) atoms. The Kier molecular flexibility index (Phi) is 7.35. The minimum absolute atomic E-state index is 0.120. The number of hydrogen-bond donors (Lipinski definition) is 1. The quantitative estimate of drug-likeness (QED) is 0.404. The van der Waals surface area contributed by atoms with Gasteiger partial charge in [0.2, 0.25) is 0 Å². The summed E-state index contributed by atoms with van der Waals surface area (Å²) in [5.74, 6) is -0.830. The van der Waals surface area contributed by atoms with Gasteiger partial charge in [-0.3, -0.25) is 4.79 Å². The fraction of sp³-hybridized carbons (Fsp3) is 0.273. The Balaban J connectivity index is 2.60. The summed E-state index contributed by atoms with van der Waals surface area (Å²) in [6.07, 6.45) is 1.05. The van der Waals surface area contributed by atoms with Gasteiger partial charge in [-0.2, -0.15) is 0 Å². The molecule has 1 atom stereocenters. The molecule has 6 nitrogen and oxygen atoms in total. The Labute approximate surface area is 164 Å². The molecule has 0 aliphatic carbocycles. The molecule has 6 heteroatoms. The largest absolute Gasteiger partial charge is 0.504 e. The monoisotopic (exact) mass is 384 g/mol. The summed E-state index contributed by atoms with van der Waals surface area (Å²) in [4.78, 5) is 25.6. The zero-order valence-corrected chi connectivity index (χ0v) is 16.2. The highest BCUT2D eigenvalue weighted by atomic mass is 16.6. The molecule has 0 spiro atoms.